The van der Waals surface area contributed by atoms with Crippen molar-refractivity contribution < 1.29 is 0 Å². The molecule has 0 fully saturated rings. The van der Waals surface area contributed by atoms with Gasteiger partial charge in [-0.3, -0.25) is 0 Å². The Morgan fingerprint density at radius 3 is 3.14 bits per heavy atom. The van der Waals surface area contributed by atoms with Crippen LogP contribution in [0.1, 0.15) is 30.0 Å². The molecule has 0 saturated heterocycles. The number of aryl methyl sites for hydroxylation is 1. The number of fused-ring (bicyclic) bond motifs is 1. The van der Waals surface area contributed by atoms with Crippen LogP contribution in [0, 0.1) is 0 Å². The number of nitrogens with zero attached hydrogens (tertiary/aromatic N) is 3. The van der Waals surface area contributed by atoms with Crippen molar-refractivity contribution in [2.24, 2.45) is 5.11 Å². The number of rotatable bonds is 1. The normalized spacial score (nSPS) is 19.6. The van der Waals surface area contributed by atoms with E-state index in [0.717, 1.165) is 24.8 Å². The largest absolute Gasteiger partial charge is 0.0859 e. The van der Waals surface area contributed by atoms with Crippen molar-refractivity contribution in [3.05, 3.63) is 44.8 Å². The molecule has 14 heavy (non-hydrogen) atoms. The molecule has 0 spiro atoms. The molecule has 4 heteroatoms. The lowest BCUT2D eigenvalue weighted by Gasteiger charge is -2.21. The summed E-state index contributed by atoms with van der Waals surface area (Å²) < 4.78 is 0. The van der Waals surface area contributed by atoms with Gasteiger partial charge in [0.2, 0.25) is 0 Å². The number of halogens is 1. The first kappa shape index (κ1) is 9.38. The van der Waals surface area contributed by atoms with Gasteiger partial charge in [-0.25, -0.2) is 0 Å². The predicted octanol–water partition coefficient (Wildman–Crippen LogP) is 4.03. The van der Waals surface area contributed by atoms with E-state index in [2.05, 4.69) is 10.0 Å². The second-order valence-electron chi connectivity index (χ2n) is 3.46. The Morgan fingerprint density at radius 2 is 2.36 bits per heavy atom. The van der Waals surface area contributed by atoms with Gasteiger partial charge in [0.1, 0.15) is 0 Å². The second kappa shape index (κ2) is 3.91. The molecule has 0 bridgehead atoms. The summed E-state index contributed by atoms with van der Waals surface area (Å²) in [4.78, 5) is 2.87. The maximum absolute atomic E-state index is 8.44. The van der Waals surface area contributed by atoms with Crippen molar-refractivity contribution in [1.29, 1.82) is 0 Å². The standard InChI is InChI=1S/C10H10ClN3/c11-8-5-4-7-2-1-3-10(13-14-12)9(7)6-8/h4-6,10H,1-3H2/t10-/m0/s1. The Hall–Kier alpha value is -1.18. The Kier molecular flexibility index (Phi) is 2.62. The Morgan fingerprint density at radius 1 is 1.50 bits per heavy atom. The lowest BCUT2D eigenvalue weighted by Crippen LogP contribution is -2.07. The molecule has 2 rings (SSSR count). The molecule has 0 saturated carbocycles. The van der Waals surface area contributed by atoms with Gasteiger partial charge >= 0.3 is 0 Å². The van der Waals surface area contributed by atoms with Crippen molar-refractivity contribution in [3.8, 4) is 0 Å². The van der Waals surface area contributed by atoms with E-state index in [1.165, 1.54) is 5.56 Å². The lowest BCUT2D eigenvalue weighted by molar-refractivity contribution is 0.568. The number of benzene rings is 1. The number of hydrogen-bond donors (Lipinski definition) is 0. The summed E-state index contributed by atoms with van der Waals surface area (Å²) in [7, 11) is 0. The minimum absolute atomic E-state index is 0.0255. The van der Waals surface area contributed by atoms with Crippen LogP contribution in [0.4, 0.5) is 0 Å². The maximum Gasteiger partial charge on any atom is 0.0628 e. The smallest absolute Gasteiger partial charge is 0.0628 e. The molecule has 3 nitrogen and oxygen atoms in total. The average Bonchev–Trinajstić information content (AvgIpc) is 2.19. The second-order valence-corrected chi connectivity index (χ2v) is 3.89. The first-order valence-electron chi connectivity index (χ1n) is 4.64. The van der Waals surface area contributed by atoms with Gasteiger partial charge < -0.3 is 0 Å². The molecule has 0 unspecified atom stereocenters. The van der Waals surface area contributed by atoms with Crippen LogP contribution in [-0.2, 0) is 6.42 Å². The highest BCUT2D eigenvalue weighted by atomic mass is 35.5. The molecule has 0 radical (unpaired) electrons. The fourth-order valence-electron chi connectivity index (χ4n) is 1.93. The summed E-state index contributed by atoms with van der Waals surface area (Å²) in [6.07, 6.45) is 3.07. The molecule has 1 aliphatic rings. The monoisotopic (exact) mass is 207 g/mol. The van der Waals surface area contributed by atoms with E-state index in [4.69, 9.17) is 17.1 Å². The van der Waals surface area contributed by atoms with Crippen molar-refractivity contribution in [2.45, 2.75) is 25.3 Å². The van der Waals surface area contributed by atoms with Gasteiger partial charge in [0, 0.05) is 9.93 Å². The van der Waals surface area contributed by atoms with Crippen LogP contribution in [0.2, 0.25) is 5.02 Å². The minimum atomic E-state index is -0.0255. The summed E-state index contributed by atoms with van der Waals surface area (Å²) in [6.45, 7) is 0. The molecular formula is C10H10ClN3. The van der Waals surface area contributed by atoms with Gasteiger partial charge in [-0.1, -0.05) is 22.8 Å². The summed E-state index contributed by atoms with van der Waals surface area (Å²) in [6, 6.07) is 5.80. The first-order chi connectivity index (χ1) is 6.81. The van der Waals surface area contributed by atoms with Gasteiger partial charge in [-0.05, 0) is 48.1 Å². The van der Waals surface area contributed by atoms with Crippen LogP contribution in [0.15, 0.2) is 23.3 Å². The quantitative estimate of drug-likeness (QED) is 0.379. The van der Waals surface area contributed by atoms with Crippen LogP contribution in [0.3, 0.4) is 0 Å². The Balaban J connectivity index is 2.46. The highest BCUT2D eigenvalue weighted by Crippen LogP contribution is 2.34. The van der Waals surface area contributed by atoms with E-state index in [1.807, 2.05) is 18.2 Å². The Labute approximate surface area is 87.3 Å². The van der Waals surface area contributed by atoms with Gasteiger partial charge in [-0.15, -0.1) is 0 Å². The molecular weight excluding hydrogens is 198 g/mol. The zero-order valence-corrected chi connectivity index (χ0v) is 8.41. The van der Waals surface area contributed by atoms with Crippen LogP contribution in [0.25, 0.3) is 10.4 Å². The minimum Gasteiger partial charge on any atom is -0.0859 e. The highest BCUT2D eigenvalue weighted by Gasteiger charge is 2.18. The van der Waals surface area contributed by atoms with Gasteiger partial charge in [-0.2, -0.15) is 0 Å². The molecule has 0 aromatic heterocycles. The van der Waals surface area contributed by atoms with E-state index < -0.39 is 0 Å². The van der Waals surface area contributed by atoms with Gasteiger partial charge in [0.25, 0.3) is 0 Å². The third kappa shape index (κ3) is 1.69. The zero-order chi connectivity index (χ0) is 9.97. The van der Waals surface area contributed by atoms with Crippen molar-refractivity contribution in [3.63, 3.8) is 0 Å². The molecule has 1 aromatic rings. The molecule has 1 aromatic carbocycles. The molecule has 72 valence electrons. The van der Waals surface area contributed by atoms with Crippen molar-refractivity contribution >= 4 is 11.6 Å². The molecule has 1 atom stereocenters. The highest BCUT2D eigenvalue weighted by molar-refractivity contribution is 6.30. The van der Waals surface area contributed by atoms with E-state index in [1.54, 1.807) is 0 Å². The third-order valence-corrected chi connectivity index (χ3v) is 2.82. The molecule has 0 amide bonds. The van der Waals surface area contributed by atoms with Crippen molar-refractivity contribution in [2.75, 3.05) is 0 Å². The van der Waals surface area contributed by atoms with Crippen LogP contribution >= 0.6 is 11.6 Å². The number of azide groups is 1. The fraction of sp³-hybridized carbons (Fsp3) is 0.400. The van der Waals surface area contributed by atoms with Gasteiger partial charge in [0.05, 0.1) is 6.04 Å². The third-order valence-electron chi connectivity index (χ3n) is 2.58. The number of hydrogen-bond acceptors (Lipinski definition) is 1. The Bertz CT molecular complexity index is 396. The van der Waals surface area contributed by atoms with Gasteiger partial charge in [0.15, 0.2) is 0 Å². The summed E-state index contributed by atoms with van der Waals surface area (Å²) >= 11 is 5.91. The molecule has 0 N–H and O–H groups in total. The topological polar surface area (TPSA) is 48.8 Å². The first-order valence-corrected chi connectivity index (χ1v) is 5.01. The average molecular weight is 208 g/mol. The van der Waals surface area contributed by atoms with Crippen LogP contribution in [-0.4, -0.2) is 0 Å². The lowest BCUT2D eigenvalue weighted by atomic mass is 9.88. The molecule has 1 aliphatic carbocycles. The fourth-order valence-corrected chi connectivity index (χ4v) is 2.11. The molecule has 0 heterocycles. The molecule has 0 aliphatic heterocycles. The summed E-state index contributed by atoms with van der Waals surface area (Å²) in [5.41, 5.74) is 10.8. The predicted molar refractivity (Wildman–Crippen MR) is 56.3 cm³/mol. The van der Waals surface area contributed by atoms with Crippen LogP contribution in [0.5, 0.6) is 0 Å². The maximum atomic E-state index is 8.44. The van der Waals surface area contributed by atoms with Crippen LogP contribution < -0.4 is 0 Å². The van der Waals surface area contributed by atoms with E-state index in [9.17, 15) is 0 Å². The van der Waals surface area contributed by atoms with E-state index >= 15 is 0 Å². The van der Waals surface area contributed by atoms with E-state index in [0.29, 0.717) is 5.02 Å². The summed E-state index contributed by atoms with van der Waals surface area (Å²) in [5, 5.41) is 4.50. The summed E-state index contributed by atoms with van der Waals surface area (Å²) in [5.74, 6) is 0. The SMILES string of the molecule is [N-]=[N+]=N[C@H]1CCCc2ccc(Cl)cc21. The van der Waals surface area contributed by atoms with E-state index in [-0.39, 0.29) is 6.04 Å². The zero-order valence-electron chi connectivity index (χ0n) is 7.65. The van der Waals surface area contributed by atoms with Crippen molar-refractivity contribution in [1.82, 2.24) is 0 Å².